The second kappa shape index (κ2) is 6.73. The van der Waals surface area contributed by atoms with Gasteiger partial charge in [0.2, 0.25) is 10.0 Å². The van der Waals surface area contributed by atoms with E-state index in [-0.39, 0.29) is 17.5 Å². The smallest absolute Gasteiger partial charge is 0.244 e. The van der Waals surface area contributed by atoms with Crippen LogP contribution < -0.4 is 0 Å². The number of morpholine rings is 1. The van der Waals surface area contributed by atoms with E-state index in [0.29, 0.717) is 25.6 Å². The van der Waals surface area contributed by atoms with Crippen molar-refractivity contribution >= 4 is 10.0 Å². The maximum Gasteiger partial charge on any atom is 0.244 e. The molecule has 0 N–H and O–H groups in total. The van der Waals surface area contributed by atoms with Crippen LogP contribution in [0, 0.1) is 23.1 Å². The van der Waals surface area contributed by atoms with Gasteiger partial charge in [-0.2, -0.15) is 9.57 Å². The van der Waals surface area contributed by atoms with Gasteiger partial charge in [0, 0.05) is 12.6 Å². The molecule has 1 saturated heterocycles. The van der Waals surface area contributed by atoms with Gasteiger partial charge < -0.3 is 4.74 Å². The van der Waals surface area contributed by atoms with Crippen molar-refractivity contribution in [2.45, 2.75) is 31.2 Å². The van der Waals surface area contributed by atoms with E-state index in [1.807, 2.05) is 13.8 Å². The van der Waals surface area contributed by atoms with E-state index in [9.17, 15) is 12.8 Å². The Balaban J connectivity index is 2.45. The molecular weight excluding hydrogens is 307 g/mol. The van der Waals surface area contributed by atoms with Gasteiger partial charge in [-0.25, -0.2) is 12.8 Å². The predicted molar refractivity (Wildman–Crippen MR) is 79.1 cm³/mol. The number of rotatable bonds is 4. The van der Waals surface area contributed by atoms with Crippen molar-refractivity contribution in [2.75, 3.05) is 19.8 Å². The van der Waals surface area contributed by atoms with E-state index in [0.717, 1.165) is 6.07 Å². The highest BCUT2D eigenvalue weighted by Gasteiger charge is 2.36. The molecule has 5 nitrogen and oxygen atoms in total. The van der Waals surface area contributed by atoms with Gasteiger partial charge in [-0.1, -0.05) is 19.9 Å². The normalized spacial score (nSPS) is 20.0. The Morgan fingerprint density at radius 3 is 2.86 bits per heavy atom. The van der Waals surface area contributed by atoms with Gasteiger partial charge in [0.15, 0.2) is 0 Å². The number of halogens is 1. The fourth-order valence-electron chi connectivity index (χ4n) is 2.64. The quantitative estimate of drug-likeness (QED) is 0.850. The molecule has 1 aliphatic heterocycles. The van der Waals surface area contributed by atoms with Crippen LogP contribution in [0.1, 0.15) is 25.8 Å². The molecule has 1 atom stereocenters. The summed E-state index contributed by atoms with van der Waals surface area (Å²) in [4.78, 5) is -0.273. The molecule has 0 aliphatic carbocycles. The average Bonchev–Trinajstić information content (AvgIpc) is 2.46. The molecule has 1 aromatic rings. The average molecular weight is 326 g/mol. The predicted octanol–water partition coefficient (Wildman–Crippen LogP) is 2.13. The fraction of sp³-hybridized carbons (Fsp3) is 0.533. The monoisotopic (exact) mass is 326 g/mol. The third kappa shape index (κ3) is 3.29. The third-order valence-electron chi connectivity index (χ3n) is 3.59. The van der Waals surface area contributed by atoms with Gasteiger partial charge in [-0.3, -0.25) is 0 Å². The lowest BCUT2D eigenvalue weighted by Gasteiger charge is -2.35. The number of sulfonamides is 1. The van der Waals surface area contributed by atoms with E-state index in [4.69, 9.17) is 10.00 Å². The molecule has 1 unspecified atom stereocenters. The molecule has 7 heteroatoms. The summed E-state index contributed by atoms with van der Waals surface area (Å²) in [6.45, 7) is 4.82. The van der Waals surface area contributed by atoms with Crippen LogP contribution in [0.15, 0.2) is 23.1 Å². The van der Waals surface area contributed by atoms with E-state index in [1.54, 1.807) is 6.07 Å². The minimum Gasteiger partial charge on any atom is -0.378 e. The summed E-state index contributed by atoms with van der Waals surface area (Å²) in [5.74, 6) is -0.524. The van der Waals surface area contributed by atoms with Gasteiger partial charge in [0.25, 0.3) is 0 Å². The maximum atomic E-state index is 13.7. The molecule has 0 aromatic heterocycles. The number of hydrogen-bond acceptors (Lipinski definition) is 4. The van der Waals surface area contributed by atoms with Crippen LogP contribution in [0.2, 0.25) is 0 Å². The first-order chi connectivity index (χ1) is 10.4. The third-order valence-corrected chi connectivity index (χ3v) is 5.59. The second-order valence-electron chi connectivity index (χ2n) is 5.70. The van der Waals surface area contributed by atoms with Crippen LogP contribution in [0.4, 0.5) is 4.39 Å². The lowest BCUT2D eigenvalue weighted by molar-refractivity contribution is 0.0254. The summed E-state index contributed by atoms with van der Waals surface area (Å²) in [5.41, 5.74) is -0.433. The molecule has 0 amide bonds. The van der Waals surface area contributed by atoms with Gasteiger partial charge in [-0.05, 0) is 24.5 Å². The number of nitrogens with zero attached hydrogens (tertiary/aromatic N) is 2. The van der Waals surface area contributed by atoms with E-state index >= 15 is 0 Å². The van der Waals surface area contributed by atoms with Crippen molar-refractivity contribution in [3.05, 3.63) is 29.6 Å². The molecule has 1 heterocycles. The van der Waals surface area contributed by atoms with Crippen molar-refractivity contribution in [3.8, 4) is 6.07 Å². The minimum atomic E-state index is -3.93. The molecule has 1 aromatic carbocycles. The molecule has 1 aliphatic rings. The second-order valence-corrected chi connectivity index (χ2v) is 7.56. The van der Waals surface area contributed by atoms with E-state index < -0.39 is 21.4 Å². The Hall–Kier alpha value is -1.49. The molecule has 1 fully saturated rings. The first-order valence-electron chi connectivity index (χ1n) is 7.16. The van der Waals surface area contributed by atoms with Crippen molar-refractivity contribution < 1.29 is 17.5 Å². The van der Waals surface area contributed by atoms with Crippen LogP contribution in [0.5, 0.6) is 0 Å². The zero-order valence-electron chi connectivity index (χ0n) is 12.6. The Labute approximate surface area is 130 Å². The van der Waals surface area contributed by atoms with Crippen LogP contribution in [0.3, 0.4) is 0 Å². The highest BCUT2D eigenvalue weighted by Crippen LogP contribution is 2.27. The Morgan fingerprint density at radius 2 is 2.23 bits per heavy atom. The number of nitriles is 1. The molecule has 22 heavy (non-hydrogen) atoms. The zero-order valence-corrected chi connectivity index (χ0v) is 13.4. The fourth-order valence-corrected chi connectivity index (χ4v) is 4.40. The molecule has 0 bridgehead atoms. The molecular formula is C15H19FN2O3S. The summed E-state index contributed by atoms with van der Waals surface area (Å²) in [6.07, 6.45) is 0.649. The van der Waals surface area contributed by atoms with Gasteiger partial charge in [0.1, 0.15) is 22.3 Å². The molecule has 2 rings (SSSR count). The van der Waals surface area contributed by atoms with Crippen LogP contribution in [-0.4, -0.2) is 38.5 Å². The van der Waals surface area contributed by atoms with E-state index in [1.165, 1.54) is 16.4 Å². The SMILES string of the molecule is CC(C)CC1COCCN1S(=O)(=O)c1cccc(F)c1C#N. The Bertz CT molecular complexity index is 683. The summed E-state index contributed by atoms with van der Waals surface area (Å²) in [5, 5.41) is 9.07. The highest BCUT2D eigenvalue weighted by molar-refractivity contribution is 7.89. The van der Waals surface area contributed by atoms with Crippen LogP contribution in [0.25, 0.3) is 0 Å². The van der Waals surface area contributed by atoms with Gasteiger partial charge in [0.05, 0.1) is 13.2 Å². The van der Waals surface area contributed by atoms with Gasteiger partial charge in [-0.15, -0.1) is 0 Å². The molecule has 0 radical (unpaired) electrons. The van der Waals surface area contributed by atoms with Crippen molar-refractivity contribution in [1.29, 1.82) is 5.26 Å². The van der Waals surface area contributed by atoms with Gasteiger partial charge >= 0.3 is 0 Å². The lowest BCUT2D eigenvalue weighted by atomic mass is 10.0. The topological polar surface area (TPSA) is 70.4 Å². The zero-order chi connectivity index (χ0) is 16.3. The maximum absolute atomic E-state index is 13.7. The largest absolute Gasteiger partial charge is 0.378 e. The standard InChI is InChI=1S/C15H19FN2O3S/c1-11(2)8-12-10-21-7-6-18(12)22(19,20)15-5-3-4-14(16)13(15)9-17/h3-5,11-12H,6-8,10H2,1-2H3. The molecule has 0 saturated carbocycles. The lowest BCUT2D eigenvalue weighted by Crippen LogP contribution is -2.49. The summed E-state index contributed by atoms with van der Waals surface area (Å²) in [7, 11) is -3.93. The number of hydrogen-bond donors (Lipinski definition) is 0. The first-order valence-corrected chi connectivity index (χ1v) is 8.60. The number of benzene rings is 1. The minimum absolute atomic E-state index is 0.209. The summed E-state index contributed by atoms with van der Waals surface area (Å²) in [6, 6.07) is 5.02. The van der Waals surface area contributed by atoms with Crippen molar-refractivity contribution in [1.82, 2.24) is 4.31 Å². The molecule has 120 valence electrons. The van der Waals surface area contributed by atoms with Crippen molar-refractivity contribution in [2.24, 2.45) is 5.92 Å². The molecule has 0 spiro atoms. The highest BCUT2D eigenvalue weighted by atomic mass is 32.2. The summed E-state index contributed by atoms with van der Waals surface area (Å²) >= 11 is 0. The Kier molecular flexibility index (Phi) is 5.16. The Morgan fingerprint density at radius 1 is 1.50 bits per heavy atom. The van der Waals surface area contributed by atoms with Crippen LogP contribution >= 0.6 is 0 Å². The summed E-state index contributed by atoms with van der Waals surface area (Å²) < 4.78 is 46.2. The van der Waals surface area contributed by atoms with Crippen LogP contribution in [-0.2, 0) is 14.8 Å². The van der Waals surface area contributed by atoms with Crippen molar-refractivity contribution in [3.63, 3.8) is 0 Å². The number of ether oxygens (including phenoxy) is 1. The first kappa shape index (κ1) is 16.9. The van der Waals surface area contributed by atoms with E-state index in [2.05, 4.69) is 0 Å².